The van der Waals surface area contributed by atoms with E-state index in [1.165, 1.54) is 6.07 Å². The molecule has 2 aromatic rings. The number of nitrogens with zero attached hydrogens (tertiary/aromatic N) is 1. The Balaban J connectivity index is 1.55. The quantitative estimate of drug-likeness (QED) is 0.670. The predicted octanol–water partition coefficient (Wildman–Crippen LogP) is 2.09. The van der Waals surface area contributed by atoms with Gasteiger partial charge in [-0.25, -0.2) is 0 Å². The zero-order chi connectivity index (χ0) is 16.9. The molecule has 0 fully saturated rings. The monoisotopic (exact) mass is 328 g/mol. The standard InChI is InChI=1S/C17H16N2O5/c20-17(9-12-5-1-2-6-14(12)19(21)22)18-10-13-11-23-15-7-3-4-8-16(15)24-13/h1-8,13H,9-11H2,(H,18,20)/t13-/m1/s1. The average Bonchev–Trinajstić information content (AvgIpc) is 2.60. The van der Waals surface area contributed by atoms with Gasteiger partial charge in [0.1, 0.15) is 12.7 Å². The Morgan fingerprint density at radius 3 is 2.67 bits per heavy atom. The van der Waals surface area contributed by atoms with Crippen LogP contribution in [0.5, 0.6) is 11.5 Å². The van der Waals surface area contributed by atoms with Crippen LogP contribution in [-0.4, -0.2) is 30.1 Å². The Bertz CT molecular complexity index is 762. The Hall–Kier alpha value is -3.09. The van der Waals surface area contributed by atoms with Gasteiger partial charge in [-0.1, -0.05) is 30.3 Å². The topological polar surface area (TPSA) is 90.7 Å². The lowest BCUT2D eigenvalue weighted by Crippen LogP contribution is -2.41. The molecule has 1 atom stereocenters. The van der Waals surface area contributed by atoms with E-state index in [0.717, 1.165) is 0 Å². The molecule has 1 amide bonds. The highest BCUT2D eigenvalue weighted by atomic mass is 16.6. The molecule has 0 aliphatic carbocycles. The summed E-state index contributed by atoms with van der Waals surface area (Å²) in [6, 6.07) is 13.5. The third-order valence-corrected chi connectivity index (χ3v) is 3.63. The summed E-state index contributed by atoms with van der Waals surface area (Å²) < 4.78 is 11.3. The van der Waals surface area contributed by atoms with E-state index in [-0.39, 0.29) is 30.7 Å². The van der Waals surface area contributed by atoms with Crippen molar-refractivity contribution in [3.05, 3.63) is 64.2 Å². The third-order valence-electron chi connectivity index (χ3n) is 3.63. The molecule has 24 heavy (non-hydrogen) atoms. The van der Waals surface area contributed by atoms with Crippen molar-refractivity contribution in [2.24, 2.45) is 0 Å². The van der Waals surface area contributed by atoms with Crippen molar-refractivity contribution >= 4 is 11.6 Å². The maximum atomic E-state index is 12.0. The maximum absolute atomic E-state index is 12.0. The van der Waals surface area contributed by atoms with Gasteiger partial charge in [-0.05, 0) is 12.1 Å². The number of nitro benzene ring substituents is 1. The normalized spacial score (nSPS) is 15.6. The molecule has 1 aliphatic heterocycles. The molecule has 0 bridgehead atoms. The van der Waals surface area contributed by atoms with Gasteiger partial charge in [0, 0.05) is 11.6 Å². The molecule has 7 nitrogen and oxygen atoms in total. The number of ether oxygens (including phenoxy) is 2. The Morgan fingerprint density at radius 1 is 1.17 bits per heavy atom. The first-order chi connectivity index (χ1) is 11.6. The molecule has 0 saturated carbocycles. The third kappa shape index (κ3) is 3.62. The molecule has 2 aromatic carbocycles. The van der Waals surface area contributed by atoms with E-state index >= 15 is 0 Å². The number of rotatable bonds is 5. The second-order valence-corrected chi connectivity index (χ2v) is 5.36. The lowest BCUT2D eigenvalue weighted by atomic mass is 10.1. The molecule has 7 heteroatoms. The predicted molar refractivity (Wildman–Crippen MR) is 86.2 cm³/mol. The fourth-order valence-electron chi connectivity index (χ4n) is 2.47. The Kier molecular flexibility index (Phi) is 4.60. The van der Waals surface area contributed by atoms with Crippen LogP contribution in [0.4, 0.5) is 5.69 Å². The second-order valence-electron chi connectivity index (χ2n) is 5.36. The van der Waals surface area contributed by atoms with Gasteiger partial charge in [0.05, 0.1) is 17.9 Å². The van der Waals surface area contributed by atoms with Gasteiger partial charge >= 0.3 is 0 Å². The molecule has 0 radical (unpaired) electrons. The zero-order valence-corrected chi connectivity index (χ0v) is 12.8. The zero-order valence-electron chi connectivity index (χ0n) is 12.8. The van der Waals surface area contributed by atoms with Crippen molar-refractivity contribution in [2.75, 3.05) is 13.2 Å². The molecular weight excluding hydrogens is 312 g/mol. The molecule has 3 rings (SSSR count). The van der Waals surface area contributed by atoms with Crippen molar-refractivity contribution < 1.29 is 19.2 Å². The fourth-order valence-corrected chi connectivity index (χ4v) is 2.47. The van der Waals surface area contributed by atoms with Gasteiger partial charge in [0.2, 0.25) is 5.91 Å². The first kappa shape index (κ1) is 15.8. The summed E-state index contributed by atoms with van der Waals surface area (Å²) in [5.74, 6) is 1.02. The fraction of sp³-hybridized carbons (Fsp3) is 0.235. The number of nitro groups is 1. The van der Waals surface area contributed by atoms with E-state index in [1.807, 2.05) is 18.2 Å². The molecule has 1 aliphatic rings. The smallest absolute Gasteiger partial charge is 0.273 e. The van der Waals surface area contributed by atoms with Crippen LogP contribution in [0.25, 0.3) is 0 Å². The Labute approximate surface area is 138 Å². The molecule has 0 aromatic heterocycles. The average molecular weight is 328 g/mol. The van der Waals surface area contributed by atoms with E-state index < -0.39 is 4.92 Å². The van der Waals surface area contributed by atoms with E-state index in [9.17, 15) is 14.9 Å². The SMILES string of the molecule is O=C(Cc1ccccc1[N+](=O)[O-])NC[C@@H]1COc2ccccc2O1. The highest BCUT2D eigenvalue weighted by Gasteiger charge is 2.22. The lowest BCUT2D eigenvalue weighted by molar-refractivity contribution is -0.385. The number of fused-ring (bicyclic) bond motifs is 1. The number of carbonyl (C=O) groups is 1. The molecule has 1 heterocycles. The van der Waals surface area contributed by atoms with Gasteiger partial charge in [-0.15, -0.1) is 0 Å². The largest absolute Gasteiger partial charge is 0.486 e. The van der Waals surface area contributed by atoms with Crippen molar-refractivity contribution in [1.82, 2.24) is 5.32 Å². The van der Waals surface area contributed by atoms with Crippen LogP contribution in [0.15, 0.2) is 48.5 Å². The summed E-state index contributed by atoms with van der Waals surface area (Å²) in [7, 11) is 0. The van der Waals surface area contributed by atoms with E-state index in [4.69, 9.17) is 9.47 Å². The number of carbonyl (C=O) groups excluding carboxylic acids is 1. The van der Waals surface area contributed by atoms with Crippen molar-refractivity contribution in [1.29, 1.82) is 0 Å². The highest BCUT2D eigenvalue weighted by molar-refractivity contribution is 5.79. The molecule has 0 spiro atoms. The van der Waals surface area contributed by atoms with E-state index in [0.29, 0.717) is 23.7 Å². The number of hydrogen-bond acceptors (Lipinski definition) is 5. The summed E-state index contributed by atoms with van der Waals surface area (Å²) in [4.78, 5) is 22.5. The molecular formula is C17H16N2O5. The van der Waals surface area contributed by atoms with Crippen LogP contribution in [0.1, 0.15) is 5.56 Å². The minimum Gasteiger partial charge on any atom is -0.486 e. The minimum atomic E-state index is -0.488. The van der Waals surface area contributed by atoms with Crippen LogP contribution in [0.3, 0.4) is 0 Å². The second kappa shape index (κ2) is 6.99. The van der Waals surface area contributed by atoms with Crippen molar-refractivity contribution in [2.45, 2.75) is 12.5 Å². The van der Waals surface area contributed by atoms with Crippen LogP contribution in [0, 0.1) is 10.1 Å². The van der Waals surface area contributed by atoms with Crippen molar-refractivity contribution in [3.8, 4) is 11.5 Å². The summed E-state index contributed by atoms with van der Waals surface area (Å²) >= 11 is 0. The molecule has 124 valence electrons. The summed E-state index contributed by atoms with van der Waals surface area (Å²) in [5.41, 5.74) is 0.324. The summed E-state index contributed by atoms with van der Waals surface area (Å²) in [6.45, 7) is 0.608. The van der Waals surface area contributed by atoms with Crippen LogP contribution >= 0.6 is 0 Å². The highest BCUT2D eigenvalue weighted by Crippen LogP contribution is 2.30. The van der Waals surface area contributed by atoms with Gasteiger partial charge in [-0.3, -0.25) is 14.9 Å². The first-order valence-corrected chi connectivity index (χ1v) is 7.51. The number of nitrogens with one attached hydrogen (secondary N) is 1. The van der Waals surface area contributed by atoms with E-state index in [1.54, 1.807) is 24.3 Å². The lowest BCUT2D eigenvalue weighted by Gasteiger charge is -2.26. The summed E-state index contributed by atoms with van der Waals surface area (Å²) in [5, 5.41) is 13.7. The van der Waals surface area contributed by atoms with Gasteiger partial charge < -0.3 is 14.8 Å². The van der Waals surface area contributed by atoms with E-state index in [2.05, 4.69) is 5.32 Å². The number of amides is 1. The number of benzene rings is 2. The molecule has 1 N–H and O–H groups in total. The van der Waals surface area contributed by atoms with Gasteiger partial charge in [-0.2, -0.15) is 0 Å². The van der Waals surface area contributed by atoms with Crippen LogP contribution < -0.4 is 14.8 Å². The van der Waals surface area contributed by atoms with Crippen molar-refractivity contribution in [3.63, 3.8) is 0 Å². The van der Waals surface area contributed by atoms with Gasteiger partial charge in [0.25, 0.3) is 5.69 Å². The maximum Gasteiger partial charge on any atom is 0.273 e. The molecule has 0 unspecified atom stereocenters. The Morgan fingerprint density at radius 2 is 1.88 bits per heavy atom. The van der Waals surface area contributed by atoms with Gasteiger partial charge in [0.15, 0.2) is 11.5 Å². The van der Waals surface area contributed by atoms with Crippen LogP contribution in [-0.2, 0) is 11.2 Å². The molecule has 0 saturated heterocycles. The minimum absolute atomic E-state index is 0.0542. The first-order valence-electron chi connectivity index (χ1n) is 7.51. The van der Waals surface area contributed by atoms with Crippen LogP contribution in [0.2, 0.25) is 0 Å². The number of hydrogen-bond donors (Lipinski definition) is 1. The number of para-hydroxylation sites is 3. The summed E-state index contributed by atoms with van der Waals surface area (Å²) in [6.07, 6.45) is -0.351.